The number of nitrogens with one attached hydrogen (secondary N) is 1. The second kappa shape index (κ2) is 9.44. The SMILES string of the molecule is COc1ccc(-c2noc(CN(C)S(=O)(=O)c3nnc(NC(=O)c4ccccc4)s3)n2)cc1. The topological polar surface area (TPSA) is 140 Å². The van der Waals surface area contributed by atoms with Gasteiger partial charge in [0.25, 0.3) is 15.9 Å². The molecular weight excluding hydrogens is 468 g/mol. The molecule has 2 aromatic heterocycles. The van der Waals surface area contributed by atoms with Crippen LogP contribution in [0, 0.1) is 0 Å². The number of carbonyl (C=O) groups is 1. The van der Waals surface area contributed by atoms with Crippen LogP contribution >= 0.6 is 11.3 Å². The maximum absolute atomic E-state index is 12.9. The van der Waals surface area contributed by atoms with Crippen LogP contribution in [0.25, 0.3) is 11.4 Å². The van der Waals surface area contributed by atoms with Crippen molar-refractivity contribution in [3.63, 3.8) is 0 Å². The Bertz CT molecular complexity index is 1350. The molecule has 0 aliphatic heterocycles. The number of aromatic nitrogens is 4. The smallest absolute Gasteiger partial charge is 0.272 e. The first-order chi connectivity index (χ1) is 15.9. The van der Waals surface area contributed by atoms with E-state index in [-0.39, 0.29) is 21.9 Å². The van der Waals surface area contributed by atoms with Gasteiger partial charge in [-0.1, -0.05) is 34.7 Å². The zero-order chi connectivity index (χ0) is 23.4. The fourth-order valence-electron chi connectivity index (χ4n) is 2.71. The predicted octanol–water partition coefficient (Wildman–Crippen LogP) is 2.67. The Morgan fingerprint density at radius 3 is 2.55 bits per heavy atom. The highest BCUT2D eigenvalue weighted by molar-refractivity contribution is 7.91. The normalized spacial score (nSPS) is 11.5. The molecule has 4 aromatic rings. The summed E-state index contributed by atoms with van der Waals surface area (Å²) in [6.07, 6.45) is 0. The van der Waals surface area contributed by atoms with Crippen molar-refractivity contribution in [3.05, 3.63) is 66.1 Å². The number of benzene rings is 2. The molecule has 170 valence electrons. The van der Waals surface area contributed by atoms with Gasteiger partial charge < -0.3 is 9.26 Å². The summed E-state index contributed by atoms with van der Waals surface area (Å²) < 4.78 is 36.8. The van der Waals surface area contributed by atoms with Crippen molar-refractivity contribution in [1.29, 1.82) is 0 Å². The lowest BCUT2D eigenvalue weighted by Gasteiger charge is -2.11. The molecule has 0 aliphatic rings. The highest BCUT2D eigenvalue weighted by atomic mass is 32.2. The van der Waals surface area contributed by atoms with Gasteiger partial charge in [0.15, 0.2) is 0 Å². The van der Waals surface area contributed by atoms with Crippen molar-refractivity contribution in [2.45, 2.75) is 10.9 Å². The summed E-state index contributed by atoms with van der Waals surface area (Å²) in [6, 6.07) is 15.5. The number of sulfonamides is 1. The summed E-state index contributed by atoms with van der Waals surface area (Å²) in [4.78, 5) is 16.5. The van der Waals surface area contributed by atoms with Crippen LogP contribution in [-0.4, -0.2) is 53.1 Å². The molecule has 33 heavy (non-hydrogen) atoms. The van der Waals surface area contributed by atoms with E-state index in [9.17, 15) is 13.2 Å². The number of hydrogen-bond donors (Lipinski definition) is 1. The third-order valence-corrected chi connectivity index (χ3v) is 7.46. The maximum atomic E-state index is 12.9. The van der Waals surface area contributed by atoms with Gasteiger partial charge in [0.2, 0.25) is 21.2 Å². The summed E-state index contributed by atoms with van der Waals surface area (Å²) in [6.45, 7) is -0.170. The van der Waals surface area contributed by atoms with E-state index in [0.29, 0.717) is 22.7 Å². The molecule has 0 fully saturated rings. The maximum Gasteiger partial charge on any atom is 0.272 e. The Kier molecular flexibility index (Phi) is 6.44. The molecule has 1 N–H and O–H groups in total. The van der Waals surface area contributed by atoms with Crippen molar-refractivity contribution < 1.29 is 22.5 Å². The van der Waals surface area contributed by atoms with Gasteiger partial charge in [0.1, 0.15) is 5.75 Å². The van der Waals surface area contributed by atoms with E-state index < -0.39 is 15.9 Å². The van der Waals surface area contributed by atoms with Gasteiger partial charge in [-0.3, -0.25) is 10.1 Å². The quantitative estimate of drug-likeness (QED) is 0.372. The monoisotopic (exact) mass is 486 g/mol. The molecule has 1 amide bonds. The molecule has 2 aromatic carbocycles. The van der Waals surface area contributed by atoms with Crippen LogP contribution in [0.5, 0.6) is 5.75 Å². The lowest BCUT2D eigenvalue weighted by Crippen LogP contribution is -2.26. The van der Waals surface area contributed by atoms with E-state index in [0.717, 1.165) is 15.6 Å². The Hall–Kier alpha value is -3.68. The number of nitrogens with zero attached hydrogens (tertiary/aromatic N) is 5. The predicted molar refractivity (Wildman–Crippen MR) is 119 cm³/mol. The van der Waals surface area contributed by atoms with Crippen molar-refractivity contribution >= 4 is 32.4 Å². The Balaban J connectivity index is 1.43. The van der Waals surface area contributed by atoms with Crippen LogP contribution in [0.2, 0.25) is 0 Å². The first-order valence-electron chi connectivity index (χ1n) is 9.50. The Morgan fingerprint density at radius 1 is 1.12 bits per heavy atom. The van der Waals surface area contributed by atoms with Crippen molar-refractivity contribution in [1.82, 2.24) is 24.6 Å². The first kappa shape index (κ1) is 22.5. The van der Waals surface area contributed by atoms with E-state index in [1.54, 1.807) is 61.7 Å². The summed E-state index contributed by atoms with van der Waals surface area (Å²) in [5, 5.41) is 14.0. The molecule has 0 saturated carbocycles. The molecule has 2 heterocycles. The first-order valence-corrected chi connectivity index (χ1v) is 11.8. The van der Waals surface area contributed by atoms with Crippen LogP contribution in [0.1, 0.15) is 16.2 Å². The van der Waals surface area contributed by atoms with Gasteiger partial charge in [0, 0.05) is 18.2 Å². The largest absolute Gasteiger partial charge is 0.497 e. The highest BCUT2D eigenvalue weighted by Crippen LogP contribution is 2.25. The average molecular weight is 487 g/mol. The van der Waals surface area contributed by atoms with Crippen LogP contribution in [0.15, 0.2) is 63.5 Å². The molecule has 0 unspecified atom stereocenters. The molecule has 0 saturated heterocycles. The number of amides is 1. The minimum absolute atomic E-state index is 0.0652. The summed E-state index contributed by atoms with van der Waals surface area (Å²) in [5.41, 5.74) is 1.11. The van der Waals surface area contributed by atoms with Crippen molar-refractivity contribution in [2.24, 2.45) is 0 Å². The fourth-order valence-corrected chi connectivity index (χ4v) is 4.91. The summed E-state index contributed by atoms with van der Waals surface area (Å²) in [5.74, 6) is 0.694. The van der Waals surface area contributed by atoms with E-state index in [2.05, 4.69) is 25.7 Å². The molecule has 13 heteroatoms. The number of rotatable bonds is 8. The van der Waals surface area contributed by atoms with Gasteiger partial charge in [-0.15, -0.1) is 10.2 Å². The average Bonchev–Trinajstić information content (AvgIpc) is 3.50. The Labute approximate surface area is 193 Å². The van der Waals surface area contributed by atoms with Crippen LogP contribution < -0.4 is 10.1 Å². The van der Waals surface area contributed by atoms with E-state index in [4.69, 9.17) is 9.26 Å². The zero-order valence-electron chi connectivity index (χ0n) is 17.5. The molecule has 0 spiro atoms. The summed E-state index contributed by atoms with van der Waals surface area (Å²) >= 11 is 0.745. The zero-order valence-corrected chi connectivity index (χ0v) is 19.1. The molecule has 11 nitrogen and oxygen atoms in total. The molecule has 0 aliphatic carbocycles. The second-order valence-corrected chi connectivity index (χ2v) is 9.89. The number of hydrogen-bond acceptors (Lipinski definition) is 10. The van der Waals surface area contributed by atoms with Crippen LogP contribution in [0.4, 0.5) is 5.13 Å². The van der Waals surface area contributed by atoms with Gasteiger partial charge in [0.05, 0.1) is 13.7 Å². The number of anilines is 1. The van der Waals surface area contributed by atoms with Crippen LogP contribution in [-0.2, 0) is 16.6 Å². The minimum Gasteiger partial charge on any atom is -0.497 e. The number of ether oxygens (including phenoxy) is 1. The van der Waals surface area contributed by atoms with E-state index in [1.807, 2.05) is 0 Å². The molecule has 0 atom stereocenters. The number of methoxy groups -OCH3 is 1. The van der Waals surface area contributed by atoms with E-state index in [1.165, 1.54) is 7.05 Å². The van der Waals surface area contributed by atoms with Gasteiger partial charge >= 0.3 is 0 Å². The van der Waals surface area contributed by atoms with Crippen molar-refractivity contribution in [2.75, 3.05) is 19.5 Å². The molecule has 4 rings (SSSR count). The van der Waals surface area contributed by atoms with Gasteiger partial charge in [-0.25, -0.2) is 8.42 Å². The standard InChI is InChI=1S/C20H18N6O5S2/c1-26(12-16-21-17(25-31-16)13-8-10-15(30-2)11-9-13)33(28,29)20-24-23-19(32-20)22-18(27)14-6-4-3-5-7-14/h3-11H,12H2,1-2H3,(H,22,23,27). The lowest BCUT2D eigenvalue weighted by molar-refractivity contribution is 0.102. The second-order valence-electron chi connectivity index (χ2n) is 6.69. The fraction of sp³-hybridized carbons (Fsp3) is 0.150. The van der Waals surface area contributed by atoms with E-state index >= 15 is 0 Å². The Morgan fingerprint density at radius 2 is 1.85 bits per heavy atom. The third kappa shape index (κ3) is 5.05. The third-order valence-electron chi connectivity index (χ3n) is 4.47. The summed E-state index contributed by atoms with van der Waals surface area (Å²) in [7, 11) is -1.08. The molecular formula is C20H18N6O5S2. The molecule has 0 radical (unpaired) electrons. The van der Waals surface area contributed by atoms with Gasteiger partial charge in [-0.05, 0) is 36.4 Å². The van der Waals surface area contributed by atoms with Gasteiger partial charge in [-0.2, -0.15) is 9.29 Å². The minimum atomic E-state index is -4.00. The van der Waals surface area contributed by atoms with Crippen molar-refractivity contribution in [3.8, 4) is 17.1 Å². The highest BCUT2D eigenvalue weighted by Gasteiger charge is 2.28. The van der Waals surface area contributed by atoms with Crippen LogP contribution in [0.3, 0.4) is 0 Å². The molecule has 0 bridgehead atoms. The lowest BCUT2D eigenvalue weighted by atomic mass is 10.2. The number of carbonyl (C=O) groups excluding carboxylic acids is 1.